The molecule has 10 aromatic rings. The molecule has 11 rings (SSSR count). The number of ether oxygens (including phenoxy) is 1. The van der Waals surface area contributed by atoms with Crippen molar-refractivity contribution >= 4 is 43.4 Å². The number of fused-ring (bicyclic) bond motifs is 9. The standard InChI is InChI=1S/C53H37NO/c1-3-13-36(14-4-1)34-53(51-43-19-9-7-15-39(43)28-31-49(51)55-50-32-29-40-16-8-10-20-44(40)52(50)53)35-37-23-25-38(26-24-37)41-27-30-46-45-21-11-12-22-47(45)54(48(46)33-41)42-17-5-2-6-18-42/h1-33H,34-35H2. The molecule has 0 unspecified atom stereocenters. The predicted octanol–water partition coefficient (Wildman–Crippen LogP) is 13.6. The molecule has 9 aromatic carbocycles. The number of hydrogen-bond donors (Lipinski definition) is 0. The van der Waals surface area contributed by atoms with Gasteiger partial charge in [-0.25, -0.2) is 0 Å². The third-order valence-electron chi connectivity index (χ3n) is 11.8. The molecule has 1 aromatic heterocycles. The number of hydrogen-bond acceptors (Lipinski definition) is 1. The normalized spacial score (nSPS) is 13.2. The van der Waals surface area contributed by atoms with Crippen LogP contribution in [-0.4, -0.2) is 4.57 Å². The van der Waals surface area contributed by atoms with E-state index < -0.39 is 5.41 Å². The summed E-state index contributed by atoms with van der Waals surface area (Å²) in [6.45, 7) is 0. The van der Waals surface area contributed by atoms with Crippen LogP contribution in [0.3, 0.4) is 0 Å². The lowest BCUT2D eigenvalue weighted by molar-refractivity contribution is 0.391. The lowest BCUT2D eigenvalue weighted by Crippen LogP contribution is -2.37. The van der Waals surface area contributed by atoms with Gasteiger partial charge in [-0.2, -0.15) is 0 Å². The van der Waals surface area contributed by atoms with E-state index in [2.05, 4.69) is 205 Å². The predicted molar refractivity (Wildman–Crippen MR) is 229 cm³/mol. The first kappa shape index (κ1) is 31.6. The van der Waals surface area contributed by atoms with E-state index in [9.17, 15) is 0 Å². The molecule has 1 aliphatic heterocycles. The minimum absolute atomic E-state index is 0.414. The van der Waals surface area contributed by atoms with Crippen LogP contribution in [0.1, 0.15) is 22.3 Å². The molecular weight excluding hydrogens is 667 g/mol. The van der Waals surface area contributed by atoms with Gasteiger partial charge in [-0.3, -0.25) is 0 Å². The van der Waals surface area contributed by atoms with E-state index in [0.29, 0.717) is 0 Å². The molecule has 0 amide bonds. The Hall–Kier alpha value is -6.90. The van der Waals surface area contributed by atoms with Crippen LogP contribution in [0.2, 0.25) is 0 Å². The van der Waals surface area contributed by atoms with Gasteiger partial charge in [-0.15, -0.1) is 0 Å². The van der Waals surface area contributed by atoms with E-state index >= 15 is 0 Å². The average molecular weight is 704 g/mol. The number of benzene rings is 9. The van der Waals surface area contributed by atoms with Gasteiger partial charge in [0.15, 0.2) is 0 Å². The van der Waals surface area contributed by atoms with Crippen LogP contribution in [0, 0.1) is 0 Å². The van der Waals surface area contributed by atoms with Gasteiger partial charge in [0.2, 0.25) is 0 Å². The van der Waals surface area contributed by atoms with E-state index in [1.54, 1.807) is 0 Å². The molecule has 0 saturated heterocycles. The number of nitrogens with zero attached hydrogens (tertiary/aromatic N) is 1. The Morgan fingerprint density at radius 3 is 1.55 bits per heavy atom. The highest BCUT2D eigenvalue weighted by molar-refractivity contribution is 6.10. The van der Waals surface area contributed by atoms with Crippen LogP contribution in [0.15, 0.2) is 200 Å². The smallest absolute Gasteiger partial charge is 0.132 e. The molecule has 0 bridgehead atoms. The van der Waals surface area contributed by atoms with E-state index in [0.717, 1.165) is 24.3 Å². The molecule has 0 radical (unpaired) electrons. The topological polar surface area (TPSA) is 14.2 Å². The van der Waals surface area contributed by atoms with Gasteiger partial charge in [0, 0.05) is 33.0 Å². The molecule has 0 saturated carbocycles. The highest BCUT2D eigenvalue weighted by atomic mass is 16.5. The minimum Gasteiger partial charge on any atom is -0.457 e. The molecule has 55 heavy (non-hydrogen) atoms. The SMILES string of the molecule is c1ccc(CC2(Cc3ccc(-c4ccc5c6ccccc6n(-c6ccccc6)c5c4)cc3)c3c(ccc4ccccc34)Oc3ccc4ccccc4c32)cc1. The Bertz CT molecular complexity index is 2960. The van der Waals surface area contributed by atoms with Gasteiger partial charge in [-0.1, -0.05) is 164 Å². The summed E-state index contributed by atoms with van der Waals surface area (Å²) in [5.74, 6) is 1.88. The molecule has 0 atom stereocenters. The Kier molecular flexibility index (Phi) is 7.25. The van der Waals surface area contributed by atoms with E-state index in [1.165, 1.54) is 82.4 Å². The van der Waals surface area contributed by atoms with Crippen LogP contribution in [0.5, 0.6) is 11.5 Å². The molecule has 2 heteroatoms. The molecule has 2 heterocycles. The fourth-order valence-electron chi connectivity index (χ4n) is 9.43. The fraction of sp³-hybridized carbons (Fsp3) is 0.0566. The molecule has 2 nitrogen and oxygen atoms in total. The third kappa shape index (κ3) is 5.10. The Labute approximate surface area is 320 Å². The zero-order valence-electron chi connectivity index (χ0n) is 30.3. The van der Waals surface area contributed by atoms with E-state index in [4.69, 9.17) is 4.74 Å². The summed E-state index contributed by atoms with van der Waals surface area (Å²) >= 11 is 0. The van der Waals surface area contributed by atoms with Crippen molar-refractivity contribution in [2.75, 3.05) is 0 Å². The van der Waals surface area contributed by atoms with E-state index in [1.807, 2.05) is 0 Å². The van der Waals surface area contributed by atoms with Gasteiger partial charge in [0.25, 0.3) is 0 Å². The zero-order valence-corrected chi connectivity index (χ0v) is 30.3. The summed E-state index contributed by atoms with van der Waals surface area (Å²) in [4.78, 5) is 0. The van der Waals surface area contributed by atoms with Crippen molar-refractivity contribution in [3.8, 4) is 28.3 Å². The van der Waals surface area contributed by atoms with Crippen molar-refractivity contribution in [2.45, 2.75) is 18.3 Å². The largest absolute Gasteiger partial charge is 0.457 e. The summed E-state index contributed by atoms with van der Waals surface area (Å²) < 4.78 is 9.29. The van der Waals surface area contributed by atoms with Crippen LogP contribution in [-0.2, 0) is 18.3 Å². The Morgan fingerprint density at radius 1 is 0.382 bits per heavy atom. The first-order valence-corrected chi connectivity index (χ1v) is 19.2. The molecular formula is C53H37NO. The van der Waals surface area contributed by atoms with Crippen LogP contribution < -0.4 is 4.74 Å². The van der Waals surface area contributed by atoms with Gasteiger partial charge in [0.05, 0.1) is 11.0 Å². The summed E-state index contributed by atoms with van der Waals surface area (Å²) in [7, 11) is 0. The second-order valence-electron chi connectivity index (χ2n) is 15.0. The van der Waals surface area contributed by atoms with Crippen LogP contribution in [0.25, 0.3) is 60.2 Å². The van der Waals surface area contributed by atoms with Gasteiger partial charge in [-0.05, 0) is 93.0 Å². The van der Waals surface area contributed by atoms with E-state index in [-0.39, 0.29) is 0 Å². The van der Waals surface area contributed by atoms with Crippen molar-refractivity contribution in [3.63, 3.8) is 0 Å². The maximum atomic E-state index is 6.90. The fourth-order valence-corrected chi connectivity index (χ4v) is 9.43. The van der Waals surface area contributed by atoms with Crippen molar-refractivity contribution in [1.82, 2.24) is 4.57 Å². The maximum Gasteiger partial charge on any atom is 0.132 e. The lowest BCUT2D eigenvalue weighted by atomic mass is 9.63. The summed E-state index contributed by atoms with van der Waals surface area (Å²) in [5, 5.41) is 7.47. The molecule has 0 N–H and O–H groups in total. The number of rotatable bonds is 6. The second kappa shape index (κ2) is 12.6. The molecule has 0 spiro atoms. The van der Waals surface area contributed by atoms with Crippen molar-refractivity contribution in [2.24, 2.45) is 0 Å². The monoisotopic (exact) mass is 703 g/mol. The van der Waals surface area contributed by atoms with Gasteiger partial charge < -0.3 is 9.30 Å². The van der Waals surface area contributed by atoms with Gasteiger partial charge in [0.1, 0.15) is 11.5 Å². The maximum absolute atomic E-state index is 6.90. The quantitative estimate of drug-likeness (QED) is 0.168. The zero-order chi connectivity index (χ0) is 36.3. The first-order chi connectivity index (χ1) is 27.2. The second-order valence-corrected chi connectivity index (χ2v) is 15.0. The lowest BCUT2D eigenvalue weighted by Gasteiger charge is -2.42. The first-order valence-electron chi connectivity index (χ1n) is 19.2. The summed E-state index contributed by atoms with van der Waals surface area (Å²) in [6, 6.07) is 73.1. The van der Waals surface area contributed by atoms with Crippen LogP contribution in [0.4, 0.5) is 0 Å². The van der Waals surface area contributed by atoms with Crippen molar-refractivity contribution in [3.05, 3.63) is 222 Å². The highest BCUT2D eigenvalue weighted by Crippen LogP contribution is 2.56. The van der Waals surface area contributed by atoms with Crippen LogP contribution >= 0.6 is 0 Å². The third-order valence-corrected chi connectivity index (χ3v) is 11.8. The molecule has 0 fully saturated rings. The van der Waals surface area contributed by atoms with Crippen molar-refractivity contribution < 1.29 is 4.74 Å². The Morgan fingerprint density at radius 2 is 0.891 bits per heavy atom. The average Bonchev–Trinajstić information content (AvgIpc) is 3.58. The van der Waals surface area contributed by atoms with Gasteiger partial charge >= 0.3 is 0 Å². The Balaban J connectivity index is 1.09. The summed E-state index contributed by atoms with van der Waals surface area (Å²) in [6.07, 6.45) is 1.65. The molecule has 0 aliphatic carbocycles. The number of aromatic nitrogens is 1. The highest BCUT2D eigenvalue weighted by Gasteiger charge is 2.44. The summed E-state index contributed by atoms with van der Waals surface area (Å²) in [5.41, 5.74) is 10.7. The molecule has 1 aliphatic rings. The minimum atomic E-state index is -0.414. The number of para-hydroxylation sites is 2. The van der Waals surface area contributed by atoms with Crippen molar-refractivity contribution in [1.29, 1.82) is 0 Å². The molecule has 260 valence electrons.